The van der Waals surface area contributed by atoms with Gasteiger partial charge in [0.2, 0.25) is 0 Å². The molecule has 18 heavy (non-hydrogen) atoms. The Labute approximate surface area is 101 Å². The van der Waals surface area contributed by atoms with Crippen molar-refractivity contribution in [2.45, 2.75) is 32.9 Å². The van der Waals surface area contributed by atoms with E-state index >= 15 is 0 Å². The number of aryl methyl sites for hydroxylation is 1. The molecule has 6 heteroatoms. The first-order chi connectivity index (χ1) is 8.18. The fraction of sp³-hybridized carbons (Fsp3) is 0.417. The zero-order valence-corrected chi connectivity index (χ0v) is 9.74. The Morgan fingerprint density at radius 1 is 1.28 bits per heavy atom. The van der Waals surface area contributed by atoms with Gasteiger partial charge in [-0.05, 0) is 31.0 Å². The Hall–Kier alpha value is -1.46. The average molecular weight is 266 g/mol. The van der Waals surface area contributed by atoms with E-state index in [0.717, 1.165) is 6.92 Å². The van der Waals surface area contributed by atoms with E-state index in [0.29, 0.717) is 12.1 Å². The quantitative estimate of drug-likeness (QED) is 0.585. The Bertz CT molecular complexity index is 462. The number of carbonyl (C=O) groups is 1. The van der Waals surface area contributed by atoms with Gasteiger partial charge in [-0.25, -0.2) is 8.78 Å². The number of carbonyl (C=O) groups excluding carboxylic acids is 1. The van der Waals surface area contributed by atoms with Crippen molar-refractivity contribution in [3.63, 3.8) is 0 Å². The van der Waals surface area contributed by atoms with E-state index in [2.05, 4.69) is 0 Å². The third kappa shape index (κ3) is 2.86. The van der Waals surface area contributed by atoms with Crippen molar-refractivity contribution in [1.29, 1.82) is 0 Å². The van der Waals surface area contributed by atoms with E-state index in [9.17, 15) is 26.7 Å². The lowest BCUT2D eigenvalue weighted by atomic mass is 9.94. The Morgan fingerprint density at radius 3 is 2.17 bits per heavy atom. The monoisotopic (exact) mass is 266 g/mol. The second-order valence-electron chi connectivity index (χ2n) is 3.80. The second kappa shape index (κ2) is 5.04. The van der Waals surface area contributed by atoms with Gasteiger partial charge < -0.3 is 0 Å². The molecule has 0 bridgehead atoms. The Kier molecular flexibility index (Phi) is 4.09. The first-order valence-corrected chi connectivity index (χ1v) is 5.21. The first kappa shape index (κ1) is 14.6. The molecule has 0 aromatic heterocycles. The SMILES string of the molecule is CCc1cc(C(F)(F)F)cc(C(C)=O)c1C(F)F. The van der Waals surface area contributed by atoms with Crippen LogP contribution in [0, 0.1) is 0 Å². The largest absolute Gasteiger partial charge is 0.416 e. The molecule has 1 aromatic rings. The lowest BCUT2D eigenvalue weighted by Crippen LogP contribution is -2.12. The minimum Gasteiger partial charge on any atom is -0.294 e. The minimum absolute atomic E-state index is 0.00384. The van der Waals surface area contributed by atoms with E-state index in [4.69, 9.17) is 0 Å². The zero-order chi connectivity index (χ0) is 14.1. The maximum absolute atomic E-state index is 12.8. The number of rotatable bonds is 3. The predicted octanol–water partition coefficient (Wildman–Crippen LogP) is 4.41. The molecule has 1 aromatic carbocycles. The van der Waals surface area contributed by atoms with Gasteiger partial charge in [0.15, 0.2) is 5.78 Å². The van der Waals surface area contributed by atoms with Gasteiger partial charge in [-0.15, -0.1) is 0 Å². The molecule has 0 fully saturated rings. The molecule has 0 spiro atoms. The fourth-order valence-electron chi connectivity index (χ4n) is 1.72. The molecule has 1 nitrogen and oxygen atoms in total. The Morgan fingerprint density at radius 2 is 1.83 bits per heavy atom. The van der Waals surface area contributed by atoms with Gasteiger partial charge in [0.25, 0.3) is 6.43 Å². The summed E-state index contributed by atoms with van der Waals surface area (Å²) in [6.45, 7) is 2.44. The van der Waals surface area contributed by atoms with Crippen molar-refractivity contribution < 1.29 is 26.7 Å². The van der Waals surface area contributed by atoms with Crippen LogP contribution in [0.4, 0.5) is 22.0 Å². The standard InChI is InChI=1S/C12H11F5O/c1-3-7-4-8(12(15,16)17)5-9(6(2)18)10(7)11(13)14/h4-5,11H,3H2,1-2H3. The van der Waals surface area contributed by atoms with Crippen LogP contribution in [-0.2, 0) is 12.6 Å². The van der Waals surface area contributed by atoms with Crippen molar-refractivity contribution in [1.82, 2.24) is 0 Å². The van der Waals surface area contributed by atoms with Crippen molar-refractivity contribution >= 4 is 5.78 Å². The van der Waals surface area contributed by atoms with Crippen LogP contribution in [0.3, 0.4) is 0 Å². The van der Waals surface area contributed by atoms with Gasteiger partial charge in [0.05, 0.1) is 5.56 Å². The number of hydrogen-bond acceptors (Lipinski definition) is 1. The number of ketones is 1. The molecule has 0 heterocycles. The molecule has 0 saturated heterocycles. The number of alkyl halides is 5. The van der Waals surface area contributed by atoms with E-state index in [-0.39, 0.29) is 12.0 Å². The summed E-state index contributed by atoms with van der Waals surface area (Å²) in [6, 6.07) is 1.16. The van der Waals surface area contributed by atoms with Crippen LogP contribution in [0.15, 0.2) is 12.1 Å². The highest BCUT2D eigenvalue weighted by Crippen LogP contribution is 2.35. The summed E-state index contributed by atoms with van der Waals surface area (Å²) in [6.07, 6.45) is -7.63. The van der Waals surface area contributed by atoms with Gasteiger partial charge in [-0.2, -0.15) is 13.2 Å². The van der Waals surface area contributed by atoms with Crippen LogP contribution in [0.1, 0.15) is 47.3 Å². The smallest absolute Gasteiger partial charge is 0.294 e. The summed E-state index contributed by atoms with van der Waals surface area (Å²) in [5, 5.41) is 0. The van der Waals surface area contributed by atoms with Gasteiger partial charge >= 0.3 is 6.18 Å². The van der Waals surface area contributed by atoms with Crippen LogP contribution in [-0.4, -0.2) is 5.78 Å². The van der Waals surface area contributed by atoms with Gasteiger partial charge in [-0.3, -0.25) is 4.79 Å². The molecule has 0 radical (unpaired) electrons. The number of benzene rings is 1. The summed E-state index contributed by atoms with van der Waals surface area (Å²) in [4.78, 5) is 11.2. The van der Waals surface area contributed by atoms with Crippen LogP contribution in [0.2, 0.25) is 0 Å². The van der Waals surface area contributed by atoms with Crippen LogP contribution in [0.25, 0.3) is 0 Å². The minimum atomic E-state index is -4.66. The topological polar surface area (TPSA) is 17.1 Å². The first-order valence-electron chi connectivity index (χ1n) is 5.21. The number of halogens is 5. The maximum atomic E-state index is 12.8. The van der Waals surface area contributed by atoms with Crippen LogP contribution >= 0.6 is 0 Å². The van der Waals surface area contributed by atoms with Crippen molar-refractivity contribution in [3.8, 4) is 0 Å². The third-order valence-electron chi connectivity index (χ3n) is 2.57. The van der Waals surface area contributed by atoms with Crippen LogP contribution in [0.5, 0.6) is 0 Å². The number of hydrogen-bond donors (Lipinski definition) is 0. The summed E-state index contributed by atoms with van der Waals surface area (Å²) >= 11 is 0. The normalized spacial score (nSPS) is 12.0. The molecule has 0 unspecified atom stereocenters. The van der Waals surface area contributed by atoms with Crippen molar-refractivity contribution in [2.24, 2.45) is 0 Å². The Balaban J connectivity index is 3.59. The van der Waals surface area contributed by atoms with Crippen LogP contribution < -0.4 is 0 Å². The van der Waals surface area contributed by atoms with E-state index in [1.54, 1.807) is 0 Å². The van der Waals surface area contributed by atoms with Gasteiger partial charge in [-0.1, -0.05) is 6.92 Å². The molecule has 0 saturated carbocycles. The summed E-state index contributed by atoms with van der Waals surface area (Å²) in [5.41, 5.74) is -2.38. The van der Waals surface area contributed by atoms with Crippen molar-refractivity contribution in [2.75, 3.05) is 0 Å². The third-order valence-corrected chi connectivity index (χ3v) is 2.57. The van der Waals surface area contributed by atoms with Gasteiger partial charge in [0, 0.05) is 11.1 Å². The highest BCUT2D eigenvalue weighted by Gasteiger charge is 2.33. The second-order valence-corrected chi connectivity index (χ2v) is 3.80. The molecule has 0 N–H and O–H groups in total. The lowest BCUT2D eigenvalue weighted by Gasteiger charge is -2.15. The molecule has 1 rings (SSSR count). The van der Waals surface area contributed by atoms with Crippen molar-refractivity contribution in [3.05, 3.63) is 34.4 Å². The van der Waals surface area contributed by atoms with E-state index in [1.807, 2.05) is 0 Å². The summed E-state index contributed by atoms with van der Waals surface area (Å²) in [5.74, 6) is -0.800. The zero-order valence-electron chi connectivity index (χ0n) is 9.74. The highest BCUT2D eigenvalue weighted by atomic mass is 19.4. The lowest BCUT2D eigenvalue weighted by molar-refractivity contribution is -0.137. The highest BCUT2D eigenvalue weighted by molar-refractivity contribution is 5.96. The molecule has 0 aliphatic heterocycles. The van der Waals surface area contributed by atoms with E-state index < -0.39 is 35.1 Å². The fourth-order valence-corrected chi connectivity index (χ4v) is 1.72. The van der Waals surface area contributed by atoms with Gasteiger partial charge in [0.1, 0.15) is 0 Å². The molecule has 100 valence electrons. The summed E-state index contributed by atoms with van der Waals surface area (Å²) < 4.78 is 63.4. The number of Topliss-reactive ketones (excluding diaryl/α,β-unsaturated/α-hetero) is 1. The predicted molar refractivity (Wildman–Crippen MR) is 55.8 cm³/mol. The van der Waals surface area contributed by atoms with E-state index in [1.165, 1.54) is 6.92 Å². The molecule has 0 amide bonds. The molecule has 0 aliphatic rings. The summed E-state index contributed by atoms with van der Waals surface area (Å²) in [7, 11) is 0. The molecular formula is C12H11F5O. The molecule has 0 aliphatic carbocycles. The molecular weight excluding hydrogens is 255 g/mol. The maximum Gasteiger partial charge on any atom is 0.416 e. The molecule has 0 atom stereocenters. The average Bonchev–Trinajstić information content (AvgIpc) is 2.25.